The van der Waals surface area contributed by atoms with E-state index in [4.69, 9.17) is 13.9 Å². The van der Waals surface area contributed by atoms with Gasteiger partial charge in [0.1, 0.15) is 11.4 Å². The van der Waals surface area contributed by atoms with E-state index in [1.165, 1.54) is 32.2 Å². The van der Waals surface area contributed by atoms with Gasteiger partial charge in [0.25, 0.3) is 0 Å². The number of carbonyl (C=O) groups is 1. The SMILES string of the molecule is CCOC(=O)C1=C(c2ccc(F)c3ccoc23)C(C)C(C)(C(F)(F)F)O1. The molecule has 0 saturated carbocycles. The highest BCUT2D eigenvalue weighted by Crippen LogP contribution is 2.53. The average molecular weight is 372 g/mol. The molecule has 2 aromatic rings. The Hall–Kier alpha value is -2.51. The van der Waals surface area contributed by atoms with E-state index >= 15 is 0 Å². The molecule has 1 aromatic carbocycles. The van der Waals surface area contributed by atoms with Crippen LogP contribution in [0.3, 0.4) is 0 Å². The minimum atomic E-state index is -4.74. The smallest absolute Gasteiger partial charge is 0.428 e. The van der Waals surface area contributed by atoms with E-state index in [-0.39, 0.29) is 28.7 Å². The van der Waals surface area contributed by atoms with Crippen molar-refractivity contribution in [3.05, 3.63) is 41.6 Å². The van der Waals surface area contributed by atoms with Crippen LogP contribution in [-0.4, -0.2) is 24.4 Å². The summed E-state index contributed by atoms with van der Waals surface area (Å²) >= 11 is 0. The molecule has 26 heavy (non-hydrogen) atoms. The molecule has 0 aliphatic carbocycles. The number of benzene rings is 1. The summed E-state index contributed by atoms with van der Waals surface area (Å²) in [6.07, 6.45) is -3.51. The highest BCUT2D eigenvalue weighted by molar-refractivity contribution is 6.02. The van der Waals surface area contributed by atoms with Crippen molar-refractivity contribution in [1.82, 2.24) is 0 Å². The second-order valence-electron chi connectivity index (χ2n) is 6.15. The summed E-state index contributed by atoms with van der Waals surface area (Å²) in [7, 11) is 0. The maximum atomic E-state index is 13.9. The molecule has 0 fully saturated rings. The Balaban J connectivity index is 2.25. The van der Waals surface area contributed by atoms with Gasteiger partial charge in [-0.25, -0.2) is 9.18 Å². The summed E-state index contributed by atoms with van der Waals surface area (Å²) in [6, 6.07) is 3.75. The fourth-order valence-corrected chi connectivity index (χ4v) is 3.07. The summed E-state index contributed by atoms with van der Waals surface area (Å²) in [5.41, 5.74) is -2.45. The lowest BCUT2D eigenvalue weighted by Crippen LogP contribution is -2.47. The van der Waals surface area contributed by atoms with Crippen LogP contribution in [0.2, 0.25) is 0 Å². The van der Waals surface area contributed by atoms with E-state index < -0.39 is 35.2 Å². The number of furan rings is 1. The molecule has 0 N–H and O–H groups in total. The van der Waals surface area contributed by atoms with Crippen molar-refractivity contribution in [3.63, 3.8) is 0 Å². The van der Waals surface area contributed by atoms with Gasteiger partial charge in [0, 0.05) is 17.1 Å². The highest BCUT2D eigenvalue weighted by Gasteiger charge is 2.63. The molecule has 2 heterocycles. The number of carbonyl (C=O) groups excluding carboxylic acids is 1. The molecule has 0 spiro atoms. The molecule has 2 atom stereocenters. The zero-order valence-corrected chi connectivity index (χ0v) is 14.2. The van der Waals surface area contributed by atoms with Crippen LogP contribution in [0.1, 0.15) is 26.3 Å². The Kier molecular flexibility index (Phi) is 4.24. The van der Waals surface area contributed by atoms with Gasteiger partial charge in [-0.05, 0) is 32.0 Å². The van der Waals surface area contributed by atoms with Crippen LogP contribution >= 0.6 is 0 Å². The maximum Gasteiger partial charge on any atom is 0.428 e. The first-order chi connectivity index (χ1) is 12.1. The van der Waals surface area contributed by atoms with Crippen LogP contribution in [0.15, 0.2) is 34.6 Å². The molecule has 3 rings (SSSR count). The molecule has 8 heteroatoms. The predicted molar refractivity (Wildman–Crippen MR) is 84.4 cm³/mol. The monoisotopic (exact) mass is 372 g/mol. The molecule has 0 amide bonds. The van der Waals surface area contributed by atoms with Crippen molar-refractivity contribution in [1.29, 1.82) is 0 Å². The predicted octanol–water partition coefficient (Wildman–Crippen LogP) is 4.83. The standard InChI is InChI=1S/C18H16F4O4/c1-4-24-16(23)15-13(9(2)17(3,26-15)18(20,21)22)11-5-6-12(19)10-7-8-25-14(10)11/h5-9H,4H2,1-3H3. The van der Waals surface area contributed by atoms with Crippen LogP contribution in [0.25, 0.3) is 16.5 Å². The van der Waals surface area contributed by atoms with E-state index in [2.05, 4.69) is 0 Å². The van der Waals surface area contributed by atoms with E-state index in [9.17, 15) is 22.4 Å². The maximum absolute atomic E-state index is 13.9. The van der Waals surface area contributed by atoms with Crippen LogP contribution < -0.4 is 0 Å². The number of hydrogen-bond acceptors (Lipinski definition) is 4. The first kappa shape index (κ1) is 18.3. The molecule has 0 bridgehead atoms. The lowest BCUT2D eigenvalue weighted by Gasteiger charge is -2.32. The number of halogens is 4. The van der Waals surface area contributed by atoms with Gasteiger partial charge in [0.2, 0.25) is 11.4 Å². The molecular formula is C18H16F4O4. The number of ether oxygens (including phenoxy) is 2. The van der Waals surface area contributed by atoms with E-state index in [0.717, 1.165) is 13.0 Å². The van der Waals surface area contributed by atoms with Crippen molar-refractivity contribution in [2.24, 2.45) is 5.92 Å². The molecule has 1 aromatic heterocycles. The third-order valence-corrected chi connectivity index (χ3v) is 4.70. The Morgan fingerprint density at radius 2 is 2.00 bits per heavy atom. The van der Waals surface area contributed by atoms with Crippen molar-refractivity contribution in [3.8, 4) is 0 Å². The van der Waals surface area contributed by atoms with Gasteiger partial charge >= 0.3 is 12.1 Å². The fourth-order valence-electron chi connectivity index (χ4n) is 3.07. The minimum Gasteiger partial charge on any atom is -0.470 e. The molecule has 1 aliphatic heterocycles. The quantitative estimate of drug-likeness (QED) is 0.572. The van der Waals surface area contributed by atoms with Crippen LogP contribution in [0, 0.1) is 11.7 Å². The van der Waals surface area contributed by atoms with Crippen LogP contribution in [0.4, 0.5) is 17.6 Å². The van der Waals surface area contributed by atoms with Gasteiger partial charge in [-0.3, -0.25) is 0 Å². The van der Waals surface area contributed by atoms with E-state index in [1.54, 1.807) is 0 Å². The summed E-state index contributed by atoms with van der Waals surface area (Å²) in [5.74, 6) is -3.38. The lowest BCUT2D eigenvalue weighted by molar-refractivity contribution is -0.262. The number of rotatable bonds is 3. The van der Waals surface area contributed by atoms with Crippen molar-refractivity contribution in [2.75, 3.05) is 6.61 Å². The van der Waals surface area contributed by atoms with Crippen LogP contribution in [-0.2, 0) is 14.3 Å². The third kappa shape index (κ3) is 2.55. The first-order valence-corrected chi connectivity index (χ1v) is 7.95. The second-order valence-corrected chi connectivity index (χ2v) is 6.15. The van der Waals surface area contributed by atoms with Gasteiger partial charge in [-0.1, -0.05) is 6.92 Å². The van der Waals surface area contributed by atoms with Gasteiger partial charge in [0.15, 0.2) is 0 Å². The van der Waals surface area contributed by atoms with Gasteiger partial charge in [-0.2, -0.15) is 13.2 Å². The molecule has 1 aliphatic rings. The Morgan fingerprint density at radius 1 is 1.31 bits per heavy atom. The molecule has 2 unspecified atom stereocenters. The first-order valence-electron chi connectivity index (χ1n) is 7.95. The molecule has 4 nitrogen and oxygen atoms in total. The Labute approximate surface area is 146 Å². The van der Waals surface area contributed by atoms with Gasteiger partial charge < -0.3 is 13.9 Å². The largest absolute Gasteiger partial charge is 0.470 e. The number of alkyl halides is 3. The molecule has 0 saturated heterocycles. The average Bonchev–Trinajstić information content (AvgIpc) is 3.14. The highest BCUT2D eigenvalue weighted by atomic mass is 19.4. The zero-order chi connectivity index (χ0) is 19.3. The topological polar surface area (TPSA) is 48.7 Å². The number of esters is 1. The third-order valence-electron chi connectivity index (χ3n) is 4.70. The van der Waals surface area contributed by atoms with Crippen molar-refractivity contribution >= 4 is 22.5 Å². The van der Waals surface area contributed by atoms with Gasteiger partial charge in [-0.15, -0.1) is 0 Å². The minimum absolute atomic E-state index is 0.0248. The lowest BCUT2D eigenvalue weighted by atomic mass is 9.82. The number of fused-ring (bicyclic) bond motifs is 1. The Morgan fingerprint density at radius 3 is 2.62 bits per heavy atom. The van der Waals surface area contributed by atoms with Crippen molar-refractivity contribution < 1.29 is 36.2 Å². The summed E-state index contributed by atoms with van der Waals surface area (Å²) in [6.45, 7) is 3.66. The number of hydrogen-bond donors (Lipinski definition) is 0. The second kappa shape index (κ2) is 6.03. The van der Waals surface area contributed by atoms with Crippen LogP contribution in [0.5, 0.6) is 0 Å². The normalized spacial score (nSPS) is 23.4. The molecule has 140 valence electrons. The molecule has 0 radical (unpaired) electrons. The van der Waals surface area contributed by atoms with E-state index in [1.807, 2.05) is 0 Å². The van der Waals surface area contributed by atoms with Gasteiger partial charge in [0.05, 0.1) is 18.3 Å². The van der Waals surface area contributed by atoms with Crippen molar-refractivity contribution in [2.45, 2.75) is 32.5 Å². The zero-order valence-electron chi connectivity index (χ0n) is 14.2. The Bertz CT molecular complexity index is 896. The summed E-state index contributed by atoms with van der Waals surface area (Å²) < 4.78 is 70.1. The summed E-state index contributed by atoms with van der Waals surface area (Å²) in [4.78, 5) is 12.3. The molecular weight excluding hydrogens is 356 g/mol. The fraction of sp³-hybridized carbons (Fsp3) is 0.389. The summed E-state index contributed by atoms with van der Waals surface area (Å²) in [5, 5.41) is 0.103. The van der Waals surface area contributed by atoms with E-state index in [0.29, 0.717) is 0 Å².